The number of amides is 2. The number of carbonyl (C=O) groups excluding carboxylic acids is 2. The Hall–Kier alpha value is -2.79. The topological polar surface area (TPSA) is 114 Å². The van der Waals surface area contributed by atoms with Gasteiger partial charge in [0, 0.05) is 66.9 Å². The molecule has 0 aliphatic carbocycles. The van der Waals surface area contributed by atoms with Crippen LogP contribution in [0.4, 0.5) is 0 Å². The van der Waals surface area contributed by atoms with Crippen molar-refractivity contribution >= 4 is 34.1 Å². The molecule has 36 heavy (non-hydrogen) atoms. The number of thiazole rings is 1. The van der Waals surface area contributed by atoms with E-state index >= 15 is 0 Å². The Bertz CT molecular complexity index is 1270. The van der Waals surface area contributed by atoms with Crippen molar-refractivity contribution in [1.82, 2.24) is 30.4 Å². The van der Waals surface area contributed by atoms with E-state index in [2.05, 4.69) is 27.6 Å². The maximum Gasteiger partial charge on any atom is 0.268 e. The summed E-state index contributed by atoms with van der Waals surface area (Å²) in [6.07, 6.45) is 0.927. The molecule has 1 unspecified atom stereocenters. The van der Waals surface area contributed by atoms with Gasteiger partial charge < -0.3 is 25.2 Å². The van der Waals surface area contributed by atoms with Crippen LogP contribution >= 0.6 is 11.3 Å². The van der Waals surface area contributed by atoms with Crippen LogP contribution in [0.1, 0.15) is 57.6 Å². The number of nitrogens with zero attached hydrogens (tertiary/aromatic N) is 3. The molecule has 1 aromatic carbocycles. The Balaban J connectivity index is 1.32. The number of rotatable bonds is 6. The summed E-state index contributed by atoms with van der Waals surface area (Å²) >= 11 is 1.52. The van der Waals surface area contributed by atoms with E-state index < -0.39 is 6.23 Å². The molecular formula is C26H34N6O3S. The smallest absolute Gasteiger partial charge is 0.268 e. The number of benzene rings is 1. The van der Waals surface area contributed by atoms with E-state index in [1.807, 2.05) is 38.1 Å². The highest BCUT2D eigenvalue weighted by Gasteiger charge is 2.34. The van der Waals surface area contributed by atoms with Crippen molar-refractivity contribution in [3.63, 3.8) is 0 Å². The minimum atomic E-state index is -0.969. The molecule has 3 atom stereocenters. The number of aliphatic hydroxyl groups is 1. The molecule has 4 N–H and O–H groups in total. The first kappa shape index (κ1) is 24.9. The second kappa shape index (κ2) is 10.3. The fourth-order valence-electron chi connectivity index (χ4n) is 5.10. The van der Waals surface area contributed by atoms with Gasteiger partial charge >= 0.3 is 0 Å². The summed E-state index contributed by atoms with van der Waals surface area (Å²) in [5.74, 6) is -0.127. The maximum atomic E-state index is 13.2. The Morgan fingerprint density at radius 3 is 2.92 bits per heavy atom. The third kappa shape index (κ3) is 5.17. The quantitative estimate of drug-likeness (QED) is 0.379. The lowest BCUT2D eigenvalue weighted by molar-refractivity contribution is -0.132. The van der Waals surface area contributed by atoms with Gasteiger partial charge in [0.1, 0.15) is 10.7 Å². The maximum absolute atomic E-state index is 13.2. The summed E-state index contributed by atoms with van der Waals surface area (Å²) < 4.78 is 0. The summed E-state index contributed by atoms with van der Waals surface area (Å²) in [6, 6.07) is 7.33. The number of aromatic amines is 1. The highest BCUT2D eigenvalue weighted by molar-refractivity contribution is 7.11. The molecule has 0 radical (unpaired) electrons. The van der Waals surface area contributed by atoms with Gasteiger partial charge in [-0.2, -0.15) is 0 Å². The number of aliphatic hydroxyl groups excluding tert-OH is 1. The number of aromatic nitrogens is 2. The van der Waals surface area contributed by atoms with Crippen molar-refractivity contribution in [2.75, 3.05) is 26.7 Å². The Kier molecular flexibility index (Phi) is 7.11. The second-order valence-corrected chi connectivity index (χ2v) is 11.0. The molecule has 9 nitrogen and oxygen atoms in total. The fraction of sp³-hybridized carbons (Fsp3) is 0.500. The van der Waals surface area contributed by atoms with Gasteiger partial charge in [0.15, 0.2) is 6.23 Å². The van der Waals surface area contributed by atoms with Crippen molar-refractivity contribution in [2.24, 2.45) is 0 Å². The van der Waals surface area contributed by atoms with Crippen LogP contribution in [0.15, 0.2) is 24.3 Å². The van der Waals surface area contributed by atoms with Gasteiger partial charge in [-0.1, -0.05) is 18.6 Å². The van der Waals surface area contributed by atoms with Gasteiger partial charge in [-0.25, -0.2) is 4.98 Å². The minimum Gasteiger partial charge on any atom is -0.372 e. The lowest BCUT2D eigenvalue weighted by Crippen LogP contribution is -2.60. The van der Waals surface area contributed by atoms with Gasteiger partial charge in [-0.15, -0.1) is 11.3 Å². The summed E-state index contributed by atoms with van der Waals surface area (Å²) in [5, 5.41) is 19.1. The van der Waals surface area contributed by atoms with Crippen molar-refractivity contribution in [3.05, 3.63) is 51.1 Å². The fourth-order valence-corrected chi connectivity index (χ4v) is 6.24. The first-order chi connectivity index (χ1) is 17.3. The monoisotopic (exact) mass is 510 g/mol. The Morgan fingerprint density at radius 1 is 1.28 bits per heavy atom. The van der Waals surface area contributed by atoms with Crippen molar-refractivity contribution in [1.29, 1.82) is 0 Å². The van der Waals surface area contributed by atoms with E-state index in [0.29, 0.717) is 36.6 Å². The lowest BCUT2D eigenvalue weighted by atomic mass is 9.98. The molecule has 192 valence electrons. The standard InChI is InChI=1S/C26H34N6O3S/c1-4-23(33)32-10-8-18(28-24(34)20-12-16-11-15(2)5-6-17(16)27-20)21(13-32)29-25(35)26-30-19-7-9-31(3)14-22(19)36-26/h5-6,11-12,18,21,25,27,29,35H,4,7-10,13-14H2,1-3H3,(H,28,34)/t18-,21+,25?/m0/s1. The zero-order valence-electron chi connectivity index (χ0n) is 21.0. The number of hydrogen-bond donors (Lipinski definition) is 4. The third-order valence-corrected chi connectivity index (χ3v) is 8.28. The molecular weight excluding hydrogens is 476 g/mol. The number of likely N-dealkylation sites (N-methyl/N-ethyl adjacent to an activating group) is 1. The zero-order valence-corrected chi connectivity index (χ0v) is 21.8. The number of nitrogens with one attached hydrogen (secondary N) is 3. The number of likely N-dealkylation sites (tertiary alicyclic amines) is 1. The van der Waals surface area contributed by atoms with Crippen molar-refractivity contribution in [3.8, 4) is 0 Å². The molecule has 0 saturated carbocycles. The first-order valence-corrected chi connectivity index (χ1v) is 13.4. The predicted molar refractivity (Wildman–Crippen MR) is 140 cm³/mol. The van der Waals surface area contributed by atoms with Gasteiger partial charge in [0.05, 0.1) is 5.69 Å². The molecule has 2 aliphatic heterocycles. The van der Waals surface area contributed by atoms with Crippen LogP contribution in [-0.4, -0.2) is 75.5 Å². The van der Waals surface area contributed by atoms with E-state index in [9.17, 15) is 14.7 Å². The minimum absolute atomic E-state index is 0.0693. The summed E-state index contributed by atoms with van der Waals surface area (Å²) in [6.45, 7) is 6.64. The summed E-state index contributed by atoms with van der Waals surface area (Å²) in [7, 11) is 2.08. The summed E-state index contributed by atoms with van der Waals surface area (Å²) in [5.41, 5.74) is 3.60. The van der Waals surface area contributed by atoms with Crippen LogP contribution in [0, 0.1) is 6.92 Å². The first-order valence-electron chi connectivity index (χ1n) is 12.6. The highest BCUT2D eigenvalue weighted by Crippen LogP contribution is 2.28. The highest BCUT2D eigenvalue weighted by atomic mass is 32.1. The SMILES string of the molecule is CCC(=O)N1CC[C@H](NC(=O)c2cc3cc(C)ccc3[nH]2)[C@H](NC(O)c2nc3c(s2)CN(C)CC3)C1. The zero-order chi connectivity index (χ0) is 25.4. The number of piperidine rings is 1. The van der Waals surface area contributed by atoms with Gasteiger partial charge in [-0.3, -0.25) is 14.9 Å². The largest absolute Gasteiger partial charge is 0.372 e. The molecule has 1 saturated heterocycles. The van der Waals surface area contributed by atoms with Crippen molar-refractivity contribution < 1.29 is 14.7 Å². The molecule has 5 rings (SSSR count). The molecule has 3 aromatic rings. The average Bonchev–Trinajstić information content (AvgIpc) is 3.48. The Labute approximate surface area is 214 Å². The number of carbonyl (C=O) groups is 2. The Morgan fingerprint density at radius 2 is 2.11 bits per heavy atom. The molecule has 0 bridgehead atoms. The van der Waals surface area contributed by atoms with Gasteiger partial charge in [-0.05, 0) is 38.6 Å². The van der Waals surface area contributed by atoms with Gasteiger partial charge in [0.2, 0.25) is 5.91 Å². The van der Waals surface area contributed by atoms with E-state index in [1.165, 1.54) is 16.2 Å². The van der Waals surface area contributed by atoms with Crippen LogP contribution in [0.3, 0.4) is 0 Å². The van der Waals surface area contributed by atoms with Crippen LogP contribution in [0.25, 0.3) is 10.9 Å². The van der Waals surface area contributed by atoms with E-state index in [4.69, 9.17) is 4.98 Å². The van der Waals surface area contributed by atoms with E-state index in [-0.39, 0.29) is 23.9 Å². The third-order valence-electron chi connectivity index (χ3n) is 7.15. The molecule has 2 amide bonds. The van der Waals surface area contributed by atoms with Crippen LogP contribution in [-0.2, 0) is 17.8 Å². The number of hydrogen-bond acceptors (Lipinski definition) is 7. The molecule has 2 aliphatic rings. The number of aryl methyl sites for hydroxylation is 1. The number of H-pyrrole nitrogens is 1. The predicted octanol–water partition coefficient (Wildman–Crippen LogP) is 2.31. The van der Waals surface area contributed by atoms with Gasteiger partial charge in [0.25, 0.3) is 5.91 Å². The van der Waals surface area contributed by atoms with Crippen LogP contribution < -0.4 is 10.6 Å². The molecule has 2 aromatic heterocycles. The summed E-state index contributed by atoms with van der Waals surface area (Å²) in [4.78, 5) is 38.7. The molecule has 0 spiro atoms. The lowest BCUT2D eigenvalue weighted by Gasteiger charge is -2.40. The van der Waals surface area contributed by atoms with Crippen LogP contribution in [0.2, 0.25) is 0 Å². The van der Waals surface area contributed by atoms with Crippen LogP contribution in [0.5, 0.6) is 0 Å². The molecule has 4 heterocycles. The number of fused-ring (bicyclic) bond motifs is 2. The molecule has 1 fully saturated rings. The average molecular weight is 511 g/mol. The van der Waals surface area contributed by atoms with Crippen molar-refractivity contribution in [2.45, 2.75) is 58.0 Å². The van der Waals surface area contributed by atoms with E-state index in [1.54, 1.807) is 4.90 Å². The normalized spacial score (nSPS) is 21.4. The second-order valence-electron chi connectivity index (χ2n) is 9.92. The molecule has 10 heteroatoms. The van der Waals surface area contributed by atoms with E-state index in [0.717, 1.165) is 41.7 Å².